The van der Waals surface area contributed by atoms with Gasteiger partial charge in [0.25, 0.3) is 0 Å². The number of aromatic carboxylic acids is 1. The Morgan fingerprint density at radius 3 is 2.50 bits per heavy atom. The van der Waals surface area contributed by atoms with Gasteiger partial charge >= 0.3 is 5.97 Å². The van der Waals surface area contributed by atoms with Crippen LogP contribution >= 0.6 is 0 Å². The van der Waals surface area contributed by atoms with Gasteiger partial charge in [-0.1, -0.05) is 37.3 Å². The van der Waals surface area contributed by atoms with Gasteiger partial charge in [0.1, 0.15) is 17.5 Å². The van der Waals surface area contributed by atoms with Crippen LogP contribution in [0.15, 0.2) is 10.8 Å². The molecule has 1 N–H and O–H groups in total. The van der Waals surface area contributed by atoms with Crippen LogP contribution < -0.4 is 0 Å². The lowest BCUT2D eigenvalue weighted by Crippen LogP contribution is -2.08. The summed E-state index contributed by atoms with van der Waals surface area (Å²) in [5.41, 5.74) is 0.889. The molecule has 1 aliphatic rings. The van der Waals surface area contributed by atoms with Gasteiger partial charge in [0.2, 0.25) is 0 Å². The summed E-state index contributed by atoms with van der Waals surface area (Å²) in [4.78, 5) is 11.0. The topological polar surface area (TPSA) is 63.3 Å². The smallest absolute Gasteiger partial charge is 0.340 e. The van der Waals surface area contributed by atoms with Crippen molar-refractivity contribution >= 4 is 5.97 Å². The molecular weight excluding hydrogens is 206 g/mol. The molecule has 1 saturated carbocycles. The Morgan fingerprint density at radius 2 is 1.88 bits per heavy atom. The van der Waals surface area contributed by atoms with E-state index >= 15 is 0 Å². The van der Waals surface area contributed by atoms with E-state index in [1.54, 1.807) is 0 Å². The molecule has 1 aliphatic carbocycles. The Balaban J connectivity index is 2.14. The molecule has 4 nitrogen and oxygen atoms in total. The first kappa shape index (κ1) is 11.2. The maximum absolute atomic E-state index is 11.0. The third-order valence-electron chi connectivity index (χ3n) is 3.32. The van der Waals surface area contributed by atoms with Crippen LogP contribution in [-0.4, -0.2) is 16.2 Å². The number of carboxylic acid groups (broad SMARTS) is 1. The van der Waals surface area contributed by atoms with Crippen molar-refractivity contribution < 1.29 is 14.4 Å². The van der Waals surface area contributed by atoms with Crippen molar-refractivity contribution in [3.8, 4) is 0 Å². The second-order valence-corrected chi connectivity index (χ2v) is 4.46. The van der Waals surface area contributed by atoms with Gasteiger partial charge in [-0.2, -0.15) is 0 Å². The lowest BCUT2D eigenvalue weighted by molar-refractivity contribution is 0.0694. The molecule has 4 heteroatoms. The molecule has 2 rings (SSSR count). The highest BCUT2D eigenvalue weighted by atomic mass is 16.5. The number of nitrogens with zero attached hydrogens (tertiary/aromatic N) is 1. The van der Waals surface area contributed by atoms with E-state index in [-0.39, 0.29) is 11.5 Å². The molecule has 0 aromatic carbocycles. The van der Waals surface area contributed by atoms with Crippen LogP contribution in [0.5, 0.6) is 0 Å². The van der Waals surface area contributed by atoms with E-state index in [2.05, 4.69) is 5.16 Å². The summed E-state index contributed by atoms with van der Waals surface area (Å²) in [5.74, 6) is -0.663. The van der Waals surface area contributed by atoms with Gasteiger partial charge in [0.05, 0.1) is 0 Å². The van der Waals surface area contributed by atoms with Gasteiger partial charge < -0.3 is 9.63 Å². The molecule has 0 atom stereocenters. The van der Waals surface area contributed by atoms with Gasteiger partial charge in [0.15, 0.2) is 0 Å². The maximum atomic E-state index is 11.0. The minimum absolute atomic E-state index is 0.241. The molecule has 16 heavy (non-hydrogen) atoms. The fourth-order valence-electron chi connectivity index (χ4n) is 2.43. The summed E-state index contributed by atoms with van der Waals surface area (Å²) < 4.78 is 4.80. The molecule has 0 aliphatic heterocycles. The van der Waals surface area contributed by atoms with Gasteiger partial charge in [0, 0.05) is 5.92 Å². The molecule has 1 fully saturated rings. The summed E-state index contributed by atoms with van der Waals surface area (Å²) in [6, 6.07) is 0. The van der Waals surface area contributed by atoms with Crippen LogP contribution in [0.4, 0.5) is 0 Å². The molecule has 0 radical (unpaired) electrons. The first-order valence-electron chi connectivity index (χ1n) is 5.96. The highest BCUT2D eigenvalue weighted by molar-refractivity contribution is 5.88. The Bertz CT molecular complexity index is 351. The molecule has 1 heterocycles. The Kier molecular flexibility index (Phi) is 3.59. The molecule has 0 bridgehead atoms. The van der Waals surface area contributed by atoms with Crippen LogP contribution in [0.25, 0.3) is 0 Å². The van der Waals surface area contributed by atoms with Crippen LogP contribution in [-0.2, 0) is 0 Å². The van der Waals surface area contributed by atoms with Crippen LogP contribution in [0, 0.1) is 0 Å². The minimum atomic E-state index is -0.932. The van der Waals surface area contributed by atoms with E-state index in [4.69, 9.17) is 9.63 Å². The fraction of sp³-hybridized carbons (Fsp3) is 0.667. The standard InChI is InChI=1S/C12H17NO3/c14-12(15)10-8-16-13-11(10)9-6-4-2-1-3-5-7-9/h8-9H,1-7H2,(H,14,15). The van der Waals surface area contributed by atoms with E-state index in [0.717, 1.165) is 25.7 Å². The zero-order valence-electron chi connectivity index (χ0n) is 9.32. The summed E-state index contributed by atoms with van der Waals surface area (Å²) >= 11 is 0. The molecule has 0 amide bonds. The van der Waals surface area contributed by atoms with Gasteiger partial charge in [-0.15, -0.1) is 0 Å². The predicted octanol–water partition coefficient (Wildman–Crippen LogP) is 3.20. The lowest BCUT2D eigenvalue weighted by atomic mass is 9.87. The van der Waals surface area contributed by atoms with Crippen molar-refractivity contribution in [3.63, 3.8) is 0 Å². The normalized spacial score (nSPS) is 19.0. The molecule has 0 spiro atoms. The number of hydrogen-bond acceptors (Lipinski definition) is 3. The highest BCUT2D eigenvalue weighted by Crippen LogP contribution is 2.31. The average Bonchev–Trinajstić information content (AvgIpc) is 2.65. The minimum Gasteiger partial charge on any atom is -0.478 e. The van der Waals surface area contributed by atoms with E-state index in [1.165, 1.54) is 25.5 Å². The average molecular weight is 223 g/mol. The Labute approximate surface area is 94.6 Å². The quantitative estimate of drug-likeness (QED) is 0.836. The van der Waals surface area contributed by atoms with Crippen molar-refractivity contribution in [3.05, 3.63) is 17.5 Å². The number of carbonyl (C=O) groups is 1. The second kappa shape index (κ2) is 5.14. The van der Waals surface area contributed by atoms with E-state index in [1.807, 2.05) is 0 Å². The van der Waals surface area contributed by atoms with Gasteiger partial charge in [-0.05, 0) is 12.8 Å². The number of hydrogen-bond donors (Lipinski definition) is 1. The van der Waals surface area contributed by atoms with E-state index in [9.17, 15) is 4.79 Å². The zero-order chi connectivity index (χ0) is 11.4. The molecule has 0 unspecified atom stereocenters. The van der Waals surface area contributed by atoms with Gasteiger partial charge in [-0.25, -0.2) is 4.79 Å². The van der Waals surface area contributed by atoms with Crippen molar-refractivity contribution in [2.75, 3.05) is 0 Å². The molecule has 0 saturated heterocycles. The molecule has 88 valence electrons. The largest absolute Gasteiger partial charge is 0.478 e. The van der Waals surface area contributed by atoms with Gasteiger partial charge in [-0.3, -0.25) is 0 Å². The third-order valence-corrected chi connectivity index (χ3v) is 3.32. The maximum Gasteiger partial charge on any atom is 0.340 e. The second-order valence-electron chi connectivity index (χ2n) is 4.46. The molecule has 1 aromatic rings. The zero-order valence-corrected chi connectivity index (χ0v) is 9.32. The summed E-state index contributed by atoms with van der Waals surface area (Å²) in [6.07, 6.45) is 9.44. The summed E-state index contributed by atoms with van der Waals surface area (Å²) in [5, 5.41) is 12.9. The van der Waals surface area contributed by atoms with Crippen molar-refractivity contribution in [1.82, 2.24) is 5.16 Å². The predicted molar refractivity (Wildman–Crippen MR) is 58.5 cm³/mol. The van der Waals surface area contributed by atoms with Crippen LogP contribution in [0.1, 0.15) is 66.9 Å². The monoisotopic (exact) mass is 223 g/mol. The Morgan fingerprint density at radius 1 is 1.25 bits per heavy atom. The van der Waals surface area contributed by atoms with Crippen molar-refractivity contribution in [2.45, 2.75) is 50.9 Å². The van der Waals surface area contributed by atoms with E-state index < -0.39 is 5.97 Å². The Hall–Kier alpha value is -1.32. The fourth-order valence-corrected chi connectivity index (χ4v) is 2.43. The summed E-state index contributed by atoms with van der Waals surface area (Å²) in [6.45, 7) is 0. The highest BCUT2D eigenvalue weighted by Gasteiger charge is 2.23. The van der Waals surface area contributed by atoms with E-state index in [0.29, 0.717) is 5.69 Å². The van der Waals surface area contributed by atoms with Crippen molar-refractivity contribution in [2.24, 2.45) is 0 Å². The first-order valence-corrected chi connectivity index (χ1v) is 5.96. The number of rotatable bonds is 2. The molecular formula is C12H17NO3. The molecule has 1 aromatic heterocycles. The number of aromatic nitrogens is 1. The first-order chi connectivity index (χ1) is 7.79. The summed E-state index contributed by atoms with van der Waals surface area (Å²) in [7, 11) is 0. The van der Waals surface area contributed by atoms with Crippen molar-refractivity contribution in [1.29, 1.82) is 0 Å². The van der Waals surface area contributed by atoms with Crippen LogP contribution in [0.2, 0.25) is 0 Å². The number of carboxylic acids is 1. The van der Waals surface area contributed by atoms with Crippen LogP contribution in [0.3, 0.4) is 0 Å². The third kappa shape index (κ3) is 2.43. The lowest BCUT2D eigenvalue weighted by Gasteiger charge is -2.17. The SMILES string of the molecule is O=C(O)c1conc1C1CCCCCCC1.